The number of ether oxygens (including phenoxy) is 1. The molecule has 0 aliphatic carbocycles. The average molecular weight is 338 g/mol. The molecule has 5 nitrogen and oxygen atoms in total. The Labute approximate surface area is 142 Å². The van der Waals surface area contributed by atoms with E-state index < -0.39 is 0 Å². The highest BCUT2D eigenvalue weighted by atomic mass is 32.1. The normalized spacial score (nSPS) is 10.2. The Hall–Kier alpha value is -2.99. The Morgan fingerprint density at radius 2 is 1.88 bits per heavy atom. The first kappa shape index (κ1) is 15.9. The second-order valence-corrected chi connectivity index (χ2v) is 5.87. The first-order chi connectivity index (χ1) is 11.6. The zero-order valence-corrected chi connectivity index (χ0v) is 13.7. The van der Waals surface area contributed by atoms with Gasteiger partial charge in [-0.25, -0.2) is 4.98 Å². The van der Waals surface area contributed by atoms with Crippen molar-refractivity contribution in [1.82, 2.24) is 4.98 Å². The number of anilines is 1. The van der Waals surface area contributed by atoms with E-state index in [-0.39, 0.29) is 11.7 Å². The summed E-state index contributed by atoms with van der Waals surface area (Å²) in [5.74, 6) is 0.277. The molecule has 2 aromatic carbocycles. The van der Waals surface area contributed by atoms with Crippen LogP contribution < -0.4 is 10.1 Å². The van der Waals surface area contributed by atoms with Crippen LogP contribution in [-0.4, -0.2) is 16.7 Å². The van der Waals surface area contributed by atoms with Crippen molar-refractivity contribution in [2.24, 2.45) is 0 Å². The van der Waals surface area contributed by atoms with E-state index in [1.165, 1.54) is 18.3 Å². The maximum atomic E-state index is 12.3. The van der Waals surface area contributed by atoms with Crippen LogP contribution in [-0.2, 0) is 0 Å². The number of hydrogen-bond acceptors (Lipinski definition) is 5. The largest absolute Gasteiger partial charge is 0.431 e. The molecular formula is C18H14N2O3S. The van der Waals surface area contributed by atoms with E-state index in [1.807, 2.05) is 5.38 Å². The summed E-state index contributed by atoms with van der Waals surface area (Å²) in [5, 5.41) is 5.13. The van der Waals surface area contributed by atoms with Crippen LogP contribution in [0.3, 0.4) is 0 Å². The fourth-order valence-electron chi connectivity index (χ4n) is 2.05. The van der Waals surface area contributed by atoms with Gasteiger partial charge in [0.05, 0.1) is 0 Å². The number of Topliss-reactive ketones (excluding diaryl/α,β-unsaturated/α-hetero) is 1. The van der Waals surface area contributed by atoms with E-state index in [9.17, 15) is 9.59 Å². The number of aromatic nitrogens is 1. The lowest BCUT2D eigenvalue weighted by Gasteiger charge is -2.07. The van der Waals surface area contributed by atoms with Gasteiger partial charge < -0.3 is 10.1 Å². The maximum absolute atomic E-state index is 12.3. The Balaban J connectivity index is 1.71. The Morgan fingerprint density at radius 1 is 1.08 bits per heavy atom. The molecular weight excluding hydrogens is 324 g/mol. The number of nitrogens with zero attached hydrogens (tertiary/aromatic N) is 1. The van der Waals surface area contributed by atoms with Crippen LogP contribution in [0.25, 0.3) is 0 Å². The molecule has 0 fully saturated rings. The summed E-state index contributed by atoms with van der Waals surface area (Å²) in [5.41, 5.74) is 1.70. The molecule has 6 heteroatoms. The quantitative estimate of drug-likeness (QED) is 0.701. The lowest BCUT2D eigenvalue weighted by Crippen LogP contribution is -2.11. The Morgan fingerprint density at radius 3 is 2.54 bits per heavy atom. The lowest BCUT2D eigenvalue weighted by atomic mass is 10.1. The van der Waals surface area contributed by atoms with Crippen LogP contribution in [0.15, 0.2) is 60.1 Å². The number of ketones is 1. The predicted molar refractivity (Wildman–Crippen MR) is 93.0 cm³/mol. The van der Waals surface area contributed by atoms with Gasteiger partial charge in [-0.2, -0.15) is 0 Å². The highest BCUT2D eigenvalue weighted by Crippen LogP contribution is 2.24. The van der Waals surface area contributed by atoms with Crippen molar-refractivity contribution in [2.45, 2.75) is 6.92 Å². The molecule has 3 aromatic rings. The van der Waals surface area contributed by atoms with Crippen LogP contribution in [0.4, 0.5) is 5.69 Å². The summed E-state index contributed by atoms with van der Waals surface area (Å²) in [6.45, 7) is 1.50. The van der Waals surface area contributed by atoms with E-state index in [2.05, 4.69) is 10.3 Å². The zero-order valence-electron chi connectivity index (χ0n) is 12.9. The number of carbonyl (C=O) groups is 2. The van der Waals surface area contributed by atoms with E-state index in [1.54, 1.807) is 54.7 Å². The summed E-state index contributed by atoms with van der Waals surface area (Å²) in [6, 6.07) is 13.6. The van der Waals surface area contributed by atoms with Gasteiger partial charge in [0.2, 0.25) is 0 Å². The second-order valence-electron chi connectivity index (χ2n) is 5.02. The fourth-order valence-corrected chi connectivity index (χ4v) is 2.56. The van der Waals surface area contributed by atoms with Gasteiger partial charge in [-0.1, -0.05) is 17.4 Å². The molecule has 1 amide bonds. The van der Waals surface area contributed by atoms with Gasteiger partial charge in [0, 0.05) is 28.4 Å². The van der Waals surface area contributed by atoms with Crippen molar-refractivity contribution < 1.29 is 14.3 Å². The number of nitrogens with one attached hydrogen (secondary N) is 1. The maximum Gasteiger partial charge on any atom is 0.278 e. The molecule has 0 bridgehead atoms. The molecule has 0 saturated carbocycles. The number of thiazole rings is 1. The Bertz CT molecular complexity index is 858. The van der Waals surface area contributed by atoms with Gasteiger partial charge in [0.1, 0.15) is 5.75 Å². The first-order valence-electron chi connectivity index (χ1n) is 7.21. The number of carbonyl (C=O) groups excluding carboxylic acids is 2. The van der Waals surface area contributed by atoms with Crippen molar-refractivity contribution in [3.63, 3.8) is 0 Å². The molecule has 0 unspecified atom stereocenters. The van der Waals surface area contributed by atoms with Crippen LogP contribution in [0.2, 0.25) is 0 Å². The van der Waals surface area contributed by atoms with Crippen LogP contribution >= 0.6 is 11.3 Å². The van der Waals surface area contributed by atoms with Crippen molar-refractivity contribution in [2.75, 3.05) is 5.32 Å². The highest BCUT2D eigenvalue weighted by molar-refractivity contribution is 7.11. The van der Waals surface area contributed by atoms with E-state index in [4.69, 9.17) is 4.74 Å². The van der Waals surface area contributed by atoms with Crippen LogP contribution in [0.5, 0.6) is 10.9 Å². The smallest absolute Gasteiger partial charge is 0.278 e. The molecule has 0 aliphatic rings. The Kier molecular flexibility index (Phi) is 4.67. The highest BCUT2D eigenvalue weighted by Gasteiger charge is 2.09. The SMILES string of the molecule is CC(=O)c1ccc(NC(=O)c2cccc(Oc3nccs3)c2)cc1. The van der Waals surface area contributed by atoms with Gasteiger partial charge in [-0.05, 0) is 49.4 Å². The van der Waals surface area contributed by atoms with Crippen LogP contribution in [0.1, 0.15) is 27.6 Å². The summed E-state index contributed by atoms with van der Waals surface area (Å²) in [6.07, 6.45) is 1.65. The number of amides is 1. The first-order valence-corrected chi connectivity index (χ1v) is 8.09. The third-order valence-electron chi connectivity index (χ3n) is 3.26. The van der Waals surface area contributed by atoms with Crippen LogP contribution in [0, 0.1) is 0 Å². The molecule has 3 rings (SSSR count). The van der Waals surface area contributed by atoms with Crippen molar-refractivity contribution in [1.29, 1.82) is 0 Å². The van der Waals surface area contributed by atoms with Crippen molar-refractivity contribution >= 4 is 28.7 Å². The summed E-state index contributed by atoms with van der Waals surface area (Å²) < 4.78 is 5.59. The molecule has 0 saturated heterocycles. The standard InChI is InChI=1S/C18H14N2O3S/c1-12(21)13-5-7-15(8-6-13)20-17(22)14-3-2-4-16(11-14)23-18-19-9-10-24-18/h2-11H,1H3,(H,20,22). The molecule has 1 aromatic heterocycles. The summed E-state index contributed by atoms with van der Waals surface area (Å²) in [4.78, 5) is 27.6. The number of rotatable bonds is 5. The van der Waals surface area contributed by atoms with Gasteiger partial charge in [0.15, 0.2) is 5.78 Å². The molecule has 1 heterocycles. The topological polar surface area (TPSA) is 68.3 Å². The minimum Gasteiger partial charge on any atom is -0.431 e. The summed E-state index contributed by atoms with van der Waals surface area (Å²) >= 11 is 1.38. The third kappa shape index (κ3) is 3.85. The number of benzene rings is 2. The van der Waals surface area contributed by atoms with E-state index in [0.717, 1.165) is 0 Å². The van der Waals surface area contributed by atoms with E-state index >= 15 is 0 Å². The minimum absolute atomic E-state index is 0.0140. The van der Waals surface area contributed by atoms with Gasteiger partial charge in [0.25, 0.3) is 11.1 Å². The van der Waals surface area contributed by atoms with Gasteiger partial charge in [-0.3, -0.25) is 9.59 Å². The summed E-state index contributed by atoms with van der Waals surface area (Å²) in [7, 11) is 0. The fraction of sp³-hybridized carbons (Fsp3) is 0.0556. The van der Waals surface area contributed by atoms with Gasteiger partial charge in [-0.15, -0.1) is 0 Å². The molecule has 120 valence electrons. The molecule has 0 spiro atoms. The molecule has 0 atom stereocenters. The third-order valence-corrected chi connectivity index (χ3v) is 3.91. The predicted octanol–water partition coefficient (Wildman–Crippen LogP) is 4.39. The molecule has 1 N–H and O–H groups in total. The average Bonchev–Trinajstić information content (AvgIpc) is 3.08. The molecule has 0 radical (unpaired) electrons. The minimum atomic E-state index is -0.254. The van der Waals surface area contributed by atoms with Crippen molar-refractivity contribution in [3.05, 3.63) is 71.2 Å². The second kappa shape index (κ2) is 7.06. The number of hydrogen-bond donors (Lipinski definition) is 1. The monoisotopic (exact) mass is 338 g/mol. The van der Waals surface area contributed by atoms with Crippen molar-refractivity contribution in [3.8, 4) is 10.9 Å². The van der Waals surface area contributed by atoms with Gasteiger partial charge >= 0.3 is 0 Å². The zero-order chi connectivity index (χ0) is 16.9. The van der Waals surface area contributed by atoms with E-state index in [0.29, 0.717) is 27.8 Å². The molecule has 0 aliphatic heterocycles. The molecule has 24 heavy (non-hydrogen) atoms. The lowest BCUT2D eigenvalue weighted by molar-refractivity contribution is 0.101.